The Balaban J connectivity index is 1.64. The van der Waals surface area contributed by atoms with Crippen LogP contribution in [0.4, 0.5) is 8.78 Å². The summed E-state index contributed by atoms with van der Waals surface area (Å²) >= 11 is 0. The van der Waals surface area contributed by atoms with E-state index in [9.17, 15) is 18.4 Å². The third kappa shape index (κ3) is 2.24. The summed E-state index contributed by atoms with van der Waals surface area (Å²) in [5.74, 6) is -3.17. The lowest BCUT2D eigenvalue weighted by Crippen LogP contribution is -2.38. The summed E-state index contributed by atoms with van der Waals surface area (Å²) in [4.78, 5) is 27.4. The molecule has 2 fully saturated rings. The number of aromatic nitrogens is 2. The Hall–Kier alpha value is -2.51. The van der Waals surface area contributed by atoms with Crippen molar-refractivity contribution in [1.82, 2.24) is 15.0 Å². The molecule has 6 nitrogen and oxygen atoms in total. The lowest BCUT2D eigenvalue weighted by Gasteiger charge is -2.43. The maximum atomic E-state index is 13.6. The molecule has 0 radical (unpaired) electrons. The van der Waals surface area contributed by atoms with E-state index in [1.807, 2.05) is 0 Å². The molecule has 4 rings (SSSR count). The number of likely N-dealkylation sites (tertiary alicyclic amines) is 1. The minimum Gasteiger partial charge on any atom is -0.335 e. The number of amides is 1. The lowest BCUT2D eigenvalue weighted by molar-refractivity contribution is 0.0711. The van der Waals surface area contributed by atoms with Gasteiger partial charge in [0.05, 0.1) is 0 Å². The van der Waals surface area contributed by atoms with Gasteiger partial charge in [-0.05, 0) is 41.1 Å². The van der Waals surface area contributed by atoms with E-state index in [0.29, 0.717) is 18.7 Å². The Kier molecular flexibility index (Phi) is 3.29. The highest BCUT2D eigenvalue weighted by Gasteiger charge is 2.52. The molecular weight excluding hydrogens is 320 g/mol. The summed E-state index contributed by atoms with van der Waals surface area (Å²) in [5.41, 5.74) is 0.571. The van der Waals surface area contributed by atoms with Crippen molar-refractivity contribution in [3.05, 3.63) is 51.8 Å². The van der Waals surface area contributed by atoms with E-state index in [1.54, 1.807) is 11.0 Å². The van der Waals surface area contributed by atoms with E-state index in [4.69, 9.17) is 0 Å². The number of halogens is 2. The second-order valence-electron chi connectivity index (χ2n) is 6.57. The third-order valence-electron chi connectivity index (χ3n) is 5.27. The topological polar surface area (TPSA) is 79.2 Å². The quantitative estimate of drug-likeness (QED) is 0.911. The smallest absolute Gasteiger partial charge is 0.335 e. The zero-order chi connectivity index (χ0) is 16.9. The second-order valence-corrected chi connectivity index (χ2v) is 6.57. The maximum absolute atomic E-state index is 13.6. The predicted octanol–water partition coefficient (Wildman–Crippen LogP) is 2.05. The molecule has 1 N–H and O–H groups in total. The number of benzene rings is 1. The van der Waals surface area contributed by atoms with E-state index in [0.717, 1.165) is 25.3 Å². The fraction of sp³-hybridized carbons (Fsp3) is 0.438. The minimum atomic E-state index is -0.882. The zero-order valence-electron chi connectivity index (χ0n) is 12.7. The molecule has 1 atom stereocenters. The predicted molar refractivity (Wildman–Crippen MR) is 78.4 cm³/mol. The third-order valence-corrected chi connectivity index (χ3v) is 5.27. The Morgan fingerprint density at radius 3 is 2.71 bits per heavy atom. The highest BCUT2D eigenvalue weighted by Crippen LogP contribution is 2.55. The molecule has 126 valence electrons. The Morgan fingerprint density at radius 1 is 1.33 bits per heavy atom. The number of carbonyl (C=O) groups excluding carboxylic acids is 1. The molecule has 8 heteroatoms. The Morgan fingerprint density at radius 2 is 2.12 bits per heavy atom. The van der Waals surface area contributed by atoms with Gasteiger partial charge in [-0.1, -0.05) is 12.5 Å². The fourth-order valence-corrected chi connectivity index (χ4v) is 3.92. The minimum absolute atomic E-state index is 0.0658. The summed E-state index contributed by atoms with van der Waals surface area (Å²) in [6, 6.07) is 3.91. The van der Waals surface area contributed by atoms with Gasteiger partial charge in [-0.25, -0.2) is 13.6 Å². The van der Waals surface area contributed by atoms with Crippen LogP contribution in [0.25, 0.3) is 0 Å². The van der Waals surface area contributed by atoms with Gasteiger partial charge in [-0.15, -0.1) is 0 Å². The van der Waals surface area contributed by atoms with Crippen molar-refractivity contribution >= 4 is 5.91 Å². The molecule has 1 saturated heterocycles. The highest BCUT2D eigenvalue weighted by molar-refractivity contribution is 5.90. The monoisotopic (exact) mass is 335 g/mol. The van der Waals surface area contributed by atoms with Gasteiger partial charge in [0.1, 0.15) is 0 Å². The second kappa shape index (κ2) is 5.25. The first kappa shape index (κ1) is 15.0. The molecule has 1 saturated carbocycles. The van der Waals surface area contributed by atoms with Crippen LogP contribution in [0.3, 0.4) is 0 Å². The number of nitrogens with one attached hydrogen (secondary N) is 1. The maximum Gasteiger partial charge on any atom is 0.439 e. The van der Waals surface area contributed by atoms with Crippen LogP contribution in [-0.4, -0.2) is 34.0 Å². The highest BCUT2D eigenvalue weighted by atomic mass is 19.2. The standard InChI is InChI=1S/C16H15F2N3O3/c17-11-3-2-9(6-12(11)18)10-7-21(8-16(10)4-1-5-16)14(22)13-19-15(23)24-20-13/h2-3,6,10H,1,4-5,7-8H2,(H,19,20,23)/t10-/m1/s1. The molecule has 2 aromatic rings. The summed E-state index contributed by atoms with van der Waals surface area (Å²) in [6.07, 6.45) is 2.90. The molecule has 1 aromatic heterocycles. The van der Waals surface area contributed by atoms with Gasteiger partial charge in [-0.2, -0.15) is 0 Å². The summed E-state index contributed by atoms with van der Waals surface area (Å²) in [6.45, 7) is 0.878. The van der Waals surface area contributed by atoms with E-state index in [1.165, 1.54) is 6.07 Å². The van der Waals surface area contributed by atoms with Crippen molar-refractivity contribution in [2.75, 3.05) is 13.1 Å². The fourth-order valence-electron chi connectivity index (χ4n) is 3.92. The molecule has 1 aliphatic carbocycles. The summed E-state index contributed by atoms with van der Waals surface area (Å²) < 4.78 is 31.2. The van der Waals surface area contributed by atoms with Crippen LogP contribution < -0.4 is 5.76 Å². The molecule has 0 bridgehead atoms. The van der Waals surface area contributed by atoms with Gasteiger partial charge in [0.2, 0.25) is 5.82 Å². The number of hydrogen-bond acceptors (Lipinski definition) is 4. The number of H-pyrrole nitrogens is 1. The van der Waals surface area contributed by atoms with Crippen LogP contribution >= 0.6 is 0 Å². The van der Waals surface area contributed by atoms with E-state index in [-0.39, 0.29) is 17.2 Å². The summed E-state index contributed by atoms with van der Waals surface area (Å²) in [5, 5.41) is 3.43. The van der Waals surface area contributed by atoms with Gasteiger partial charge in [-0.3, -0.25) is 14.3 Å². The van der Waals surface area contributed by atoms with Crippen molar-refractivity contribution in [2.24, 2.45) is 5.41 Å². The summed E-state index contributed by atoms with van der Waals surface area (Å²) in [7, 11) is 0. The largest absolute Gasteiger partial charge is 0.439 e. The molecule has 1 amide bonds. The van der Waals surface area contributed by atoms with Gasteiger partial charge in [0, 0.05) is 19.0 Å². The Bertz CT molecular complexity index is 856. The first-order valence-electron chi connectivity index (χ1n) is 7.79. The van der Waals surface area contributed by atoms with Gasteiger partial charge in [0.25, 0.3) is 5.91 Å². The van der Waals surface area contributed by atoms with Crippen molar-refractivity contribution < 1.29 is 18.1 Å². The first-order valence-corrected chi connectivity index (χ1v) is 7.79. The zero-order valence-corrected chi connectivity index (χ0v) is 12.7. The number of aromatic amines is 1. The van der Waals surface area contributed by atoms with Crippen LogP contribution in [0, 0.1) is 17.0 Å². The Labute approximate surface area is 135 Å². The number of nitrogens with zero attached hydrogens (tertiary/aromatic N) is 2. The van der Waals surface area contributed by atoms with E-state index < -0.39 is 23.3 Å². The van der Waals surface area contributed by atoms with Crippen molar-refractivity contribution in [3.63, 3.8) is 0 Å². The van der Waals surface area contributed by atoms with Crippen molar-refractivity contribution in [1.29, 1.82) is 0 Å². The lowest BCUT2D eigenvalue weighted by atomic mass is 9.61. The average molecular weight is 335 g/mol. The molecule has 1 aliphatic heterocycles. The van der Waals surface area contributed by atoms with Gasteiger partial charge < -0.3 is 4.90 Å². The number of rotatable bonds is 2. The van der Waals surface area contributed by atoms with Crippen LogP contribution in [0.15, 0.2) is 27.5 Å². The normalized spacial score (nSPS) is 21.9. The molecule has 1 spiro atoms. The first-order chi connectivity index (χ1) is 11.5. The number of carbonyl (C=O) groups is 1. The molecule has 1 aromatic carbocycles. The van der Waals surface area contributed by atoms with Crippen molar-refractivity contribution in [3.8, 4) is 0 Å². The average Bonchev–Trinajstić information content (AvgIpc) is 3.13. The number of hydrogen-bond donors (Lipinski definition) is 1. The molecular formula is C16H15F2N3O3. The van der Waals surface area contributed by atoms with Crippen LogP contribution in [-0.2, 0) is 0 Å². The van der Waals surface area contributed by atoms with Crippen LogP contribution in [0.1, 0.15) is 41.4 Å². The molecule has 0 unspecified atom stereocenters. The SMILES string of the molecule is O=C(c1noc(=O)[nH]1)N1C[C@H](c2ccc(F)c(F)c2)C2(CCC2)C1. The van der Waals surface area contributed by atoms with E-state index in [2.05, 4.69) is 14.7 Å². The van der Waals surface area contributed by atoms with Crippen LogP contribution in [0.5, 0.6) is 0 Å². The van der Waals surface area contributed by atoms with Crippen molar-refractivity contribution in [2.45, 2.75) is 25.2 Å². The van der Waals surface area contributed by atoms with Gasteiger partial charge >= 0.3 is 5.76 Å². The molecule has 24 heavy (non-hydrogen) atoms. The van der Waals surface area contributed by atoms with Crippen LogP contribution in [0.2, 0.25) is 0 Å². The van der Waals surface area contributed by atoms with Gasteiger partial charge in [0.15, 0.2) is 11.6 Å². The molecule has 2 heterocycles. The van der Waals surface area contributed by atoms with E-state index >= 15 is 0 Å². The molecule has 2 aliphatic rings.